The first-order valence-electron chi connectivity index (χ1n) is 10.2. The number of anilines is 1. The van der Waals surface area contributed by atoms with Crippen molar-refractivity contribution < 1.29 is 0 Å². The van der Waals surface area contributed by atoms with Gasteiger partial charge in [0.2, 0.25) is 0 Å². The maximum Gasteiger partial charge on any atom is 0.141 e. The summed E-state index contributed by atoms with van der Waals surface area (Å²) >= 11 is 8.25. The zero-order valence-corrected chi connectivity index (χ0v) is 17.8. The molecule has 1 aliphatic carbocycles. The number of hydrogen-bond acceptors (Lipinski definition) is 5. The average Bonchev–Trinajstić information content (AvgIpc) is 3.30. The van der Waals surface area contributed by atoms with E-state index in [9.17, 15) is 0 Å². The maximum absolute atomic E-state index is 6.36. The molecule has 0 saturated carbocycles. The zero-order valence-electron chi connectivity index (χ0n) is 16.2. The number of rotatable bonds is 4. The van der Waals surface area contributed by atoms with Crippen molar-refractivity contribution in [2.75, 3.05) is 31.1 Å². The van der Waals surface area contributed by atoms with E-state index in [1.54, 1.807) is 0 Å². The first-order valence-corrected chi connectivity index (χ1v) is 11.4. The van der Waals surface area contributed by atoms with Crippen molar-refractivity contribution in [1.82, 2.24) is 14.9 Å². The highest BCUT2D eigenvalue weighted by molar-refractivity contribution is 7.19. The van der Waals surface area contributed by atoms with Crippen LogP contribution in [0.4, 0.5) is 5.82 Å². The van der Waals surface area contributed by atoms with Gasteiger partial charge in [-0.1, -0.05) is 36.7 Å². The second-order valence-corrected chi connectivity index (χ2v) is 9.20. The third-order valence-corrected chi connectivity index (χ3v) is 7.49. The molecule has 6 heteroatoms. The molecule has 0 radical (unpaired) electrons. The first kappa shape index (κ1) is 18.3. The quantitative estimate of drug-likeness (QED) is 0.620. The summed E-state index contributed by atoms with van der Waals surface area (Å²) in [5.41, 5.74) is 2.74. The molecular weight excluding hydrogens is 388 g/mol. The van der Waals surface area contributed by atoms with Crippen LogP contribution in [0.15, 0.2) is 24.3 Å². The third-order valence-electron chi connectivity index (χ3n) is 5.93. The van der Waals surface area contributed by atoms with Gasteiger partial charge in [0.25, 0.3) is 0 Å². The van der Waals surface area contributed by atoms with Gasteiger partial charge in [-0.3, -0.25) is 4.90 Å². The van der Waals surface area contributed by atoms with Gasteiger partial charge in [-0.15, -0.1) is 11.3 Å². The van der Waals surface area contributed by atoms with Crippen molar-refractivity contribution in [1.29, 1.82) is 0 Å². The van der Waals surface area contributed by atoms with Crippen LogP contribution in [0.5, 0.6) is 0 Å². The summed E-state index contributed by atoms with van der Waals surface area (Å²) in [6, 6.07) is 8.17. The van der Waals surface area contributed by atoms with Crippen LogP contribution in [0.2, 0.25) is 5.02 Å². The summed E-state index contributed by atoms with van der Waals surface area (Å²) in [5.74, 6) is 2.15. The first-order chi connectivity index (χ1) is 13.7. The van der Waals surface area contributed by atoms with Crippen LogP contribution < -0.4 is 4.90 Å². The standard InChI is InChI=1S/C22H25ClN4S/c1-2-19-24-21(20-16-7-5-9-18(16)28-22(20)25-19)27-12-10-26(11-13-27)14-15-6-3-4-8-17(15)23/h3-4,6,8H,2,5,7,9-14H2,1H3. The molecule has 1 aromatic carbocycles. The van der Waals surface area contributed by atoms with Crippen LogP contribution in [0.1, 0.15) is 35.2 Å². The molecule has 5 rings (SSSR count). The lowest BCUT2D eigenvalue weighted by Crippen LogP contribution is -2.46. The van der Waals surface area contributed by atoms with Crippen molar-refractivity contribution in [2.45, 2.75) is 39.2 Å². The van der Waals surface area contributed by atoms with Crippen LogP contribution in [0.3, 0.4) is 0 Å². The Kier molecular flexibility index (Phi) is 4.99. The second kappa shape index (κ2) is 7.62. The SMILES string of the molecule is CCc1nc(N2CCN(Cc3ccccc3Cl)CC2)c2c3c(sc2n1)CCC3. The Morgan fingerprint density at radius 3 is 2.68 bits per heavy atom. The van der Waals surface area contributed by atoms with Gasteiger partial charge in [0.1, 0.15) is 16.5 Å². The Balaban J connectivity index is 1.39. The lowest BCUT2D eigenvalue weighted by atomic mass is 10.1. The topological polar surface area (TPSA) is 32.3 Å². The van der Waals surface area contributed by atoms with E-state index in [4.69, 9.17) is 21.6 Å². The Bertz CT molecular complexity index is 1010. The average molecular weight is 413 g/mol. The van der Waals surface area contributed by atoms with Crippen molar-refractivity contribution in [3.05, 3.63) is 51.1 Å². The summed E-state index contributed by atoms with van der Waals surface area (Å²) in [4.78, 5) is 17.6. The minimum Gasteiger partial charge on any atom is -0.353 e. The lowest BCUT2D eigenvalue weighted by Gasteiger charge is -2.36. The number of thiophene rings is 1. The Labute approximate surface area is 175 Å². The van der Waals surface area contributed by atoms with E-state index < -0.39 is 0 Å². The van der Waals surface area contributed by atoms with Gasteiger partial charge in [0.15, 0.2) is 0 Å². The fourth-order valence-corrected chi connectivity index (χ4v) is 5.86. The number of nitrogens with zero attached hydrogens (tertiary/aromatic N) is 4. The molecule has 0 bridgehead atoms. The van der Waals surface area contributed by atoms with Gasteiger partial charge in [-0.2, -0.15) is 0 Å². The molecule has 0 unspecified atom stereocenters. The van der Waals surface area contributed by atoms with Crippen LogP contribution in [-0.4, -0.2) is 41.0 Å². The number of aromatic nitrogens is 2. The molecule has 146 valence electrons. The van der Waals surface area contributed by atoms with Crippen molar-refractivity contribution in [3.8, 4) is 0 Å². The molecule has 0 atom stereocenters. The minimum atomic E-state index is 0.865. The molecular formula is C22H25ClN4S. The zero-order chi connectivity index (χ0) is 19.1. The van der Waals surface area contributed by atoms with E-state index in [1.807, 2.05) is 23.5 Å². The number of aryl methyl sites for hydroxylation is 3. The summed E-state index contributed by atoms with van der Waals surface area (Å²) in [6.07, 6.45) is 4.56. The molecule has 0 amide bonds. The predicted molar refractivity (Wildman–Crippen MR) is 118 cm³/mol. The maximum atomic E-state index is 6.36. The van der Waals surface area contributed by atoms with E-state index in [0.717, 1.165) is 50.0 Å². The highest BCUT2D eigenvalue weighted by Crippen LogP contribution is 2.40. The minimum absolute atomic E-state index is 0.865. The molecule has 1 aliphatic heterocycles. The molecule has 0 N–H and O–H groups in total. The Hall–Kier alpha value is -1.69. The van der Waals surface area contributed by atoms with Crippen LogP contribution in [0.25, 0.3) is 10.2 Å². The van der Waals surface area contributed by atoms with E-state index in [2.05, 4.69) is 28.9 Å². The number of hydrogen-bond donors (Lipinski definition) is 0. The number of piperazine rings is 1. The summed E-state index contributed by atoms with van der Waals surface area (Å²) in [6.45, 7) is 7.14. The molecule has 4 nitrogen and oxygen atoms in total. The van der Waals surface area contributed by atoms with E-state index >= 15 is 0 Å². The smallest absolute Gasteiger partial charge is 0.141 e. The Morgan fingerprint density at radius 1 is 1.07 bits per heavy atom. The molecule has 3 aromatic rings. The monoisotopic (exact) mass is 412 g/mol. The largest absolute Gasteiger partial charge is 0.353 e. The van der Waals surface area contributed by atoms with E-state index in [-0.39, 0.29) is 0 Å². The van der Waals surface area contributed by atoms with Gasteiger partial charge < -0.3 is 4.90 Å². The van der Waals surface area contributed by atoms with Gasteiger partial charge in [-0.25, -0.2) is 9.97 Å². The Morgan fingerprint density at radius 2 is 1.89 bits per heavy atom. The van der Waals surface area contributed by atoms with E-state index in [0.29, 0.717) is 0 Å². The molecule has 28 heavy (non-hydrogen) atoms. The van der Waals surface area contributed by atoms with Crippen molar-refractivity contribution in [3.63, 3.8) is 0 Å². The highest BCUT2D eigenvalue weighted by atomic mass is 35.5. The van der Waals surface area contributed by atoms with Gasteiger partial charge in [0, 0.05) is 49.0 Å². The summed E-state index contributed by atoms with van der Waals surface area (Å²) in [5, 5.41) is 2.21. The number of halogens is 1. The molecule has 3 heterocycles. The van der Waals surface area contributed by atoms with Gasteiger partial charge >= 0.3 is 0 Å². The second-order valence-electron chi connectivity index (χ2n) is 7.71. The van der Waals surface area contributed by atoms with Crippen LogP contribution in [-0.2, 0) is 25.8 Å². The van der Waals surface area contributed by atoms with E-state index in [1.165, 1.54) is 51.3 Å². The molecule has 0 spiro atoms. The van der Waals surface area contributed by atoms with Crippen molar-refractivity contribution in [2.24, 2.45) is 0 Å². The molecule has 2 aliphatic rings. The number of fused-ring (bicyclic) bond motifs is 3. The van der Waals surface area contributed by atoms with Gasteiger partial charge in [-0.05, 0) is 36.5 Å². The normalized spacial score (nSPS) is 17.4. The highest BCUT2D eigenvalue weighted by Gasteiger charge is 2.26. The van der Waals surface area contributed by atoms with Crippen LogP contribution >= 0.6 is 22.9 Å². The molecule has 1 saturated heterocycles. The third kappa shape index (κ3) is 3.30. The molecule has 2 aromatic heterocycles. The van der Waals surface area contributed by atoms with Crippen LogP contribution in [0, 0.1) is 0 Å². The number of benzene rings is 1. The lowest BCUT2D eigenvalue weighted by molar-refractivity contribution is 0.249. The summed E-state index contributed by atoms with van der Waals surface area (Å²) < 4.78 is 0. The van der Waals surface area contributed by atoms with Gasteiger partial charge in [0.05, 0.1) is 5.39 Å². The fraction of sp³-hybridized carbons (Fsp3) is 0.455. The fourth-order valence-electron chi connectivity index (χ4n) is 4.39. The predicted octanol–water partition coefficient (Wildman–Crippen LogP) is 4.72. The summed E-state index contributed by atoms with van der Waals surface area (Å²) in [7, 11) is 0. The molecule has 1 fully saturated rings. The van der Waals surface area contributed by atoms with Crippen molar-refractivity contribution >= 4 is 39.0 Å².